The first-order valence-corrected chi connectivity index (χ1v) is 8.10. The smallest absolute Gasteiger partial charge is 0.338 e. The van der Waals surface area contributed by atoms with Crippen LogP contribution in [0.15, 0.2) is 42.2 Å². The van der Waals surface area contributed by atoms with Crippen LogP contribution < -0.4 is 0 Å². The molecule has 2 rings (SSSR count). The highest BCUT2D eigenvalue weighted by molar-refractivity contribution is 5.89. The van der Waals surface area contributed by atoms with Gasteiger partial charge in [0.25, 0.3) is 6.47 Å². The van der Waals surface area contributed by atoms with Crippen molar-refractivity contribution in [2.24, 2.45) is 0 Å². The molecule has 0 aromatic heterocycles. The van der Waals surface area contributed by atoms with Crippen LogP contribution in [0.3, 0.4) is 0 Å². The van der Waals surface area contributed by atoms with Gasteiger partial charge in [-0.2, -0.15) is 0 Å². The maximum atomic E-state index is 11.8. The van der Waals surface area contributed by atoms with Crippen molar-refractivity contribution in [1.82, 2.24) is 0 Å². The Kier molecular flexibility index (Phi) is 7.08. The molecule has 1 aromatic carbocycles. The molecule has 0 bridgehead atoms. The van der Waals surface area contributed by atoms with Gasteiger partial charge in [-0.15, -0.1) is 0 Å². The average Bonchev–Trinajstić information content (AvgIpc) is 2.64. The second kappa shape index (κ2) is 9.55. The molecule has 0 N–H and O–H groups in total. The Morgan fingerprint density at radius 1 is 1.08 bits per heavy atom. The molecule has 0 atom stereocenters. The number of benzene rings is 1. The van der Waals surface area contributed by atoms with Gasteiger partial charge in [-0.1, -0.05) is 25.1 Å². The first-order valence-electron chi connectivity index (χ1n) is 8.10. The highest BCUT2D eigenvalue weighted by Gasteiger charge is 2.11. The van der Waals surface area contributed by atoms with E-state index in [1.165, 1.54) is 5.57 Å². The zero-order valence-electron chi connectivity index (χ0n) is 13.8. The van der Waals surface area contributed by atoms with Crippen LogP contribution in [0.1, 0.15) is 42.1 Å². The average molecular weight is 330 g/mol. The SMILES string of the molecule is CCCOC1=CC=C(c2ccc(C(=O)OCCOC=O)cc2)CC1. The van der Waals surface area contributed by atoms with Gasteiger partial charge in [0.15, 0.2) is 0 Å². The molecular formula is C19H22O5. The maximum absolute atomic E-state index is 11.8. The molecule has 1 aliphatic rings. The largest absolute Gasteiger partial charge is 0.498 e. The van der Waals surface area contributed by atoms with E-state index in [9.17, 15) is 9.59 Å². The summed E-state index contributed by atoms with van der Waals surface area (Å²) >= 11 is 0. The van der Waals surface area contributed by atoms with E-state index in [0.29, 0.717) is 12.0 Å². The lowest BCUT2D eigenvalue weighted by Gasteiger charge is -2.16. The van der Waals surface area contributed by atoms with Crippen LogP contribution in [0.2, 0.25) is 0 Å². The highest BCUT2D eigenvalue weighted by atomic mass is 16.6. The van der Waals surface area contributed by atoms with Crippen molar-refractivity contribution in [2.75, 3.05) is 19.8 Å². The fourth-order valence-electron chi connectivity index (χ4n) is 2.35. The lowest BCUT2D eigenvalue weighted by Crippen LogP contribution is -2.10. The van der Waals surface area contributed by atoms with Gasteiger partial charge in [-0.05, 0) is 42.2 Å². The molecule has 0 saturated carbocycles. The molecule has 1 aliphatic carbocycles. The minimum absolute atomic E-state index is 0.0514. The molecular weight excluding hydrogens is 308 g/mol. The Labute approximate surface area is 141 Å². The molecule has 0 spiro atoms. The number of rotatable bonds is 9. The molecule has 128 valence electrons. The molecule has 0 fully saturated rings. The summed E-state index contributed by atoms with van der Waals surface area (Å²) in [4.78, 5) is 21.8. The first-order chi connectivity index (χ1) is 11.7. The fraction of sp³-hybridized carbons (Fsp3) is 0.368. The fourth-order valence-corrected chi connectivity index (χ4v) is 2.35. The second-order valence-corrected chi connectivity index (χ2v) is 5.35. The Bertz CT molecular complexity index is 613. The molecule has 0 heterocycles. The van der Waals surface area contributed by atoms with E-state index in [-0.39, 0.29) is 13.2 Å². The van der Waals surface area contributed by atoms with Gasteiger partial charge in [-0.3, -0.25) is 4.79 Å². The van der Waals surface area contributed by atoms with E-state index in [4.69, 9.17) is 9.47 Å². The molecule has 5 nitrogen and oxygen atoms in total. The van der Waals surface area contributed by atoms with Crippen molar-refractivity contribution in [1.29, 1.82) is 0 Å². The van der Waals surface area contributed by atoms with Crippen LogP contribution in [-0.4, -0.2) is 32.3 Å². The van der Waals surface area contributed by atoms with Crippen LogP contribution in [0, 0.1) is 0 Å². The minimum Gasteiger partial charge on any atom is -0.498 e. The monoisotopic (exact) mass is 330 g/mol. The molecule has 0 unspecified atom stereocenters. The number of carbonyl (C=O) groups excluding carboxylic acids is 2. The predicted molar refractivity (Wildman–Crippen MR) is 90.3 cm³/mol. The summed E-state index contributed by atoms with van der Waals surface area (Å²) in [7, 11) is 0. The van der Waals surface area contributed by atoms with Crippen molar-refractivity contribution >= 4 is 18.0 Å². The Hall–Kier alpha value is -2.56. The van der Waals surface area contributed by atoms with E-state index >= 15 is 0 Å². The Morgan fingerprint density at radius 3 is 2.50 bits per heavy atom. The molecule has 0 saturated heterocycles. The van der Waals surface area contributed by atoms with Gasteiger partial charge < -0.3 is 14.2 Å². The zero-order chi connectivity index (χ0) is 17.2. The summed E-state index contributed by atoms with van der Waals surface area (Å²) in [5.41, 5.74) is 2.78. The van der Waals surface area contributed by atoms with Crippen LogP contribution in [-0.2, 0) is 19.0 Å². The molecule has 5 heteroatoms. The lowest BCUT2D eigenvalue weighted by molar-refractivity contribution is -0.129. The Balaban J connectivity index is 1.92. The third-order valence-corrected chi connectivity index (χ3v) is 3.60. The van der Waals surface area contributed by atoms with E-state index < -0.39 is 5.97 Å². The van der Waals surface area contributed by atoms with Crippen molar-refractivity contribution in [3.63, 3.8) is 0 Å². The van der Waals surface area contributed by atoms with Crippen molar-refractivity contribution in [3.05, 3.63) is 53.3 Å². The molecule has 0 radical (unpaired) electrons. The van der Waals surface area contributed by atoms with Gasteiger partial charge >= 0.3 is 5.97 Å². The second-order valence-electron chi connectivity index (χ2n) is 5.35. The molecule has 1 aromatic rings. The number of esters is 1. The van der Waals surface area contributed by atoms with E-state index in [0.717, 1.165) is 37.2 Å². The molecule has 0 aliphatic heterocycles. The molecule has 24 heavy (non-hydrogen) atoms. The lowest BCUT2D eigenvalue weighted by atomic mass is 9.96. The van der Waals surface area contributed by atoms with Gasteiger partial charge in [0, 0.05) is 6.42 Å². The zero-order valence-corrected chi connectivity index (χ0v) is 13.8. The summed E-state index contributed by atoms with van der Waals surface area (Å²) in [6, 6.07) is 7.31. The topological polar surface area (TPSA) is 61.8 Å². The minimum atomic E-state index is -0.427. The van der Waals surface area contributed by atoms with Gasteiger partial charge in [0.2, 0.25) is 0 Å². The van der Waals surface area contributed by atoms with Crippen LogP contribution in [0.4, 0.5) is 0 Å². The van der Waals surface area contributed by atoms with Crippen molar-refractivity contribution in [2.45, 2.75) is 26.2 Å². The summed E-state index contributed by atoms with van der Waals surface area (Å²) < 4.78 is 15.1. The predicted octanol–water partition coefficient (Wildman–Crippen LogP) is 3.50. The highest BCUT2D eigenvalue weighted by Crippen LogP contribution is 2.27. The van der Waals surface area contributed by atoms with E-state index in [1.54, 1.807) is 12.1 Å². The van der Waals surface area contributed by atoms with Gasteiger partial charge in [0.1, 0.15) is 13.2 Å². The van der Waals surface area contributed by atoms with E-state index in [2.05, 4.69) is 17.7 Å². The number of allylic oxidation sites excluding steroid dienone is 4. The summed E-state index contributed by atoms with van der Waals surface area (Å²) in [5, 5.41) is 0. The number of hydrogen-bond donors (Lipinski definition) is 0. The number of ether oxygens (including phenoxy) is 3. The van der Waals surface area contributed by atoms with Crippen LogP contribution >= 0.6 is 0 Å². The van der Waals surface area contributed by atoms with Crippen LogP contribution in [0.25, 0.3) is 5.57 Å². The van der Waals surface area contributed by atoms with Crippen LogP contribution in [0.5, 0.6) is 0 Å². The normalized spacial score (nSPS) is 13.5. The number of carbonyl (C=O) groups is 2. The summed E-state index contributed by atoms with van der Waals surface area (Å²) in [6.45, 7) is 3.29. The van der Waals surface area contributed by atoms with Crippen molar-refractivity contribution in [3.8, 4) is 0 Å². The van der Waals surface area contributed by atoms with Gasteiger partial charge in [0.05, 0.1) is 17.9 Å². The van der Waals surface area contributed by atoms with Crippen molar-refractivity contribution < 1.29 is 23.8 Å². The Morgan fingerprint density at radius 2 is 1.88 bits per heavy atom. The number of hydrogen-bond acceptors (Lipinski definition) is 5. The third-order valence-electron chi connectivity index (χ3n) is 3.60. The first kappa shape index (κ1) is 17.8. The third kappa shape index (κ3) is 5.26. The summed E-state index contributed by atoms with van der Waals surface area (Å²) in [6.07, 6.45) is 6.91. The summed E-state index contributed by atoms with van der Waals surface area (Å²) in [5.74, 6) is 0.599. The quantitative estimate of drug-likeness (QED) is 0.394. The molecule has 0 amide bonds. The van der Waals surface area contributed by atoms with E-state index in [1.807, 2.05) is 18.2 Å². The standard InChI is InChI=1S/C19H22O5/c1-2-11-23-18-9-7-16(8-10-18)15-3-5-17(6-4-15)19(21)24-13-12-22-14-20/h3-7,9,14H,2,8,10-13H2,1H3. The maximum Gasteiger partial charge on any atom is 0.338 e. The van der Waals surface area contributed by atoms with Gasteiger partial charge in [-0.25, -0.2) is 4.79 Å².